The van der Waals surface area contributed by atoms with Gasteiger partial charge in [0, 0.05) is 30.1 Å². The van der Waals surface area contributed by atoms with Crippen molar-refractivity contribution in [3.63, 3.8) is 0 Å². The van der Waals surface area contributed by atoms with Crippen molar-refractivity contribution in [2.75, 3.05) is 19.6 Å². The molecule has 0 aliphatic rings. The number of nitrogens with one attached hydrogen (secondary N) is 2. The molecule has 1 unspecified atom stereocenters. The highest BCUT2D eigenvalue weighted by Gasteiger charge is 2.21. The fourth-order valence-electron chi connectivity index (χ4n) is 3.81. The fourth-order valence-corrected chi connectivity index (χ4v) is 4.29. The zero-order valence-corrected chi connectivity index (χ0v) is 20.3. The molecule has 3 rings (SSSR count). The van der Waals surface area contributed by atoms with E-state index in [0.29, 0.717) is 29.3 Å². The number of halogens is 1. The molecule has 2 N–H and O–H groups in total. The van der Waals surface area contributed by atoms with E-state index in [0.717, 1.165) is 30.0 Å². The molecule has 3 aromatic rings. The smallest absolute Gasteiger partial charge is 0.221 e. The van der Waals surface area contributed by atoms with Crippen LogP contribution >= 0.6 is 23.8 Å². The Bertz CT molecular complexity index is 1090. The summed E-state index contributed by atoms with van der Waals surface area (Å²) in [5.74, 6) is 0.701. The van der Waals surface area contributed by atoms with Gasteiger partial charge in [0.15, 0.2) is 10.6 Å². The molecule has 0 saturated heterocycles. The summed E-state index contributed by atoms with van der Waals surface area (Å²) in [5.41, 5.74) is 3.16. The highest BCUT2D eigenvalue weighted by molar-refractivity contribution is 7.71. The van der Waals surface area contributed by atoms with Crippen LogP contribution in [-0.2, 0) is 11.3 Å². The Labute approximate surface area is 199 Å². The van der Waals surface area contributed by atoms with E-state index in [1.807, 2.05) is 60.0 Å². The molecular weight excluding hydrogens is 442 g/mol. The minimum Gasteiger partial charge on any atom is -0.354 e. The maximum Gasteiger partial charge on any atom is 0.221 e. The second-order valence-corrected chi connectivity index (χ2v) is 8.48. The van der Waals surface area contributed by atoms with E-state index in [1.165, 1.54) is 5.56 Å². The molecule has 0 fully saturated rings. The Morgan fingerprint density at radius 1 is 1.19 bits per heavy atom. The van der Waals surface area contributed by atoms with Crippen molar-refractivity contribution in [2.45, 2.75) is 39.8 Å². The predicted octanol–water partition coefficient (Wildman–Crippen LogP) is 5.16. The highest BCUT2D eigenvalue weighted by Crippen LogP contribution is 2.27. The van der Waals surface area contributed by atoms with Crippen molar-refractivity contribution in [3.8, 4) is 11.4 Å². The van der Waals surface area contributed by atoms with Gasteiger partial charge in [-0.2, -0.15) is 5.10 Å². The first-order valence-electron chi connectivity index (χ1n) is 10.9. The number of nitrogens with zero attached hydrogens (tertiary/aromatic N) is 3. The molecule has 1 aromatic heterocycles. The van der Waals surface area contributed by atoms with Crippen molar-refractivity contribution in [2.24, 2.45) is 0 Å². The molecule has 2 aromatic carbocycles. The van der Waals surface area contributed by atoms with Gasteiger partial charge >= 0.3 is 0 Å². The zero-order valence-electron chi connectivity index (χ0n) is 18.8. The van der Waals surface area contributed by atoms with Gasteiger partial charge < -0.3 is 5.32 Å². The van der Waals surface area contributed by atoms with Gasteiger partial charge in [-0.25, -0.2) is 0 Å². The third-order valence-electron chi connectivity index (χ3n) is 5.64. The summed E-state index contributed by atoms with van der Waals surface area (Å²) in [5, 5.41) is 11.0. The SMILES string of the molecule is CCN(CC)C(CNC(=O)CCn1c(-c2ccc(C)cc2)n[nH]c1=S)c1ccccc1Cl. The molecule has 170 valence electrons. The number of aromatic nitrogens is 3. The van der Waals surface area contributed by atoms with Gasteiger partial charge in [0.2, 0.25) is 5.91 Å². The van der Waals surface area contributed by atoms with Crippen molar-refractivity contribution >= 4 is 29.7 Å². The first-order valence-corrected chi connectivity index (χ1v) is 11.7. The van der Waals surface area contributed by atoms with Crippen molar-refractivity contribution in [3.05, 3.63) is 69.5 Å². The van der Waals surface area contributed by atoms with E-state index in [-0.39, 0.29) is 11.9 Å². The molecule has 0 bridgehead atoms. The summed E-state index contributed by atoms with van der Waals surface area (Å²) in [6.07, 6.45) is 0.306. The van der Waals surface area contributed by atoms with Crippen molar-refractivity contribution < 1.29 is 4.79 Å². The molecule has 32 heavy (non-hydrogen) atoms. The maximum absolute atomic E-state index is 12.7. The Hall–Kier alpha value is -2.48. The van der Waals surface area contributed by atoms with Gasteiger partial charge in [-0.05, 0) is 43.9 Å². The van der Waals surface area contributed by atoms with Crippen LogP contribution in [0.4, 0.5) is 0 Å². The summed E-state index contributed by atoms with van der Waals surface area (Å²) < 4.78 is 2.38. The molecule has 0 aliphatic carbocycles. The fraction of sp³-hybridized carbons (Fsp3) is 0.375. The lowest BCUT2D eigenvalue weighted by atomic mass is 10.0. The summed E-state index contributed by atoms with van der Waals surface area (Å²) in [4.78, 5) is 15.0. The third-order valence-corrected chi connectivity index (χ3v) is 6.30. The second kappa shape index (κ2) is 11.4. The van der Waals surface area contributed by atoms with Crippen LogP contribution < -0.4 is 5.32 Å². The van der Waals surface area contributed by atoms with Gasteiger partial charge in [0.1, 0.15) is 0 Å². The van der Waals surface area contributed by atoms with E-state index >= 15 is 0 Å². The largest absolute Gasteiger partial charge is 0.354 e. The number of rotatable bonds is 10. The topological polar surface area (TPSA) is 66.0 Å². The standard InChI is InChI=1S/C24H30ClN5OS/c1-4-29(5-2)21(19-8-6-7-9-20(19)25)16-26-22(31)14-15-30-23(27-28-24(30)32)18-12-10-17(3)11-13-18/h6-13,21H,4-5,14-16H2,1-3H3,(H,26,31)(H,28,32). The molecule has 0 radical (unpaired) electrons. The normalized spacial score (nSPS) is 12.2. The van der Waals surface area contributed by atoms with Crippen LogP contribution in [0.3, 0.4) is 0 Å². The Morgan fingerprint density at radius 2 is 1.88 bits per heavy atom. The zero-order chi connectivity index (χ0) is 23.1. The number of likely N-dealkylation sites (N-methyl/N-ethyl adjacent to an activating group) is 1. The lowest BCUT2D eigenvalue weighted by Gasteiger charge is -2.31. The van der Waals surface area contributed by atoms with Crippen LogP contribution in [-0.4, -0.2) is 45.2 Å². The van der Waals surface area contributed by atoms with E-state index in [4.69, 9.17) is 23.8 Å². The first kappa shape index (κ1) is 24.2. The van der Waals surface area contributed by atoms with E-state index in [1.54, 1.807) is 0 Å². The number of hydrogen-bond donors (Lipinski definition) is 2. The lowest BCUT2D eigenvalue weighted by molar-refractivity contribution is -0.121. The molecule has 8 heteroatoms. The summed E-state index contributed by atoms with van der Waals surface area (Å²) in [6, 6.07) is 15.9. The van der Waals surface area contributed by atoms with Crippen LogP contribution in [0.2, 0.25) is 5.02 Å². The molecule has 1 amide bonds. The Morgan fingerprint density at radius 3 is 2.53 bits per heavy atom. The second-order valence-electron chi connectivity index (χ2n) is 7.68. The molecule has 6 nitrogen and oxygen atoms in total. The molecule has 1 heterocycles. The van der Waals surface area contributed by atoms with Crippen LogP contribution in [0.1, 0.15) is 37.4 Å². The molecule has 0 spiro atoms. The number of aryl methyl sites for hydroxylation is 1. The third kappa shape index (κ3) is 5.85. The van der Waals surface area contributed by atoms with Crippen LogP contribution in [0.25, 0.3) is 11.4 Å². The van der Waals surface area contributed by atoms with E-state index in [2.05, 4.69) is 34.3 Å². The van der Waals surface area contributed by atoms with E-state index in [9.17, 15) is 4.79 Å². The molecule has 0 saturated carbocycles. The molecule has 0 aliphatic heterocycles. The minimum atomic E-state index is -0.0350. The summed E-state index contributed by atoms with van der Waals surface area (Å²) >= 11 is 11.9. The molecule has 1 atom stereocenters. The predicted molar refractivity (Wildman–Crippen MR) is 132 cm³/mol. The Balaban J connectivity index is 1.67. The van der Waals surface area contributed by atoms with Crippen molar-refractivity contribution in [1.29, 1.82) is 0 Å². The first-order chi connectivity index (χ1) is 15.4. The average Bonchev–Trinajstić information content (AvgIpc) is 3.16. The summed E-state index contributed by atoms with van der Waals surface area (Å²) in [6.45, 7) is 8.95. The van der Waals surface area contributed by atoms with Crippen LogP contribution in [0.5, 0.6) is 0 Å². The number of carbonyl (C=O) groups excluding carboxylic acids is 1. The number of benzene rings is 2. The number of H-pyrrole nitrogens is 1. The van der Waals surface area contributed by atoms with Gasteiger partial charge in [-0.1, -0.05) is 73.5 Å². The molecular formula is C24H30ClN5OS. The quantitative estimate of drug-likeness (QED) is 0.401. The number of amides is 1. The van der Waals surface area contributed by atoms with Crippen molar-refractivity contribution in [1.82, 2.24) is 25.0 Å². The van der Waals surface area contributed by atoms with E-state index < -0.39 is 0 Å². The van der Waals surface area contributed by atoms with Crippen LogP contribution in [0, 0.1) is 11.7 Å². The van der Waals surface area contributed by atoms with Gasteiger partial charge in [-0.3, -0.25) is 19.4 Å². The number of carbonyl (C=O) groups is 1. The van der Waals surface area contributed by atoms with Crippen LogP contribution in [0.15, 0.2) is 48.5 Å². The Kier molecular flexibility index (Phi) is 8.61. The number of hydrogen-bond acceptors (Lipinski definition) is 4. The minimum absolute atomic E-state index is 0.0156. The van der Waals surface area contributed by atoms with Gasteiger partial charge in [-0.15, -0.1) is 0 Å². The lowest BCUT2D eigenvalue weighted by Crippen LogP contribution is -2.38. The average molecular weight is 472 g/mol. The highest BCUT2D eigenvalue weighted by atomic mass is 35.5. The monoisotopic (exact) mass is 471 g/mol. The maximum atomic E-state index is 12.7. The number of aromatic amines is 1. The summed E-state index contributed by atoms with van der Waals surface area (Å²) in [7, 11) is 0. The van der Waals surface area contributed by atoms with Gasteiger partial charge in [0.05, 0.1) is 6.04 Å². The van der Waals surface area contributed by atoms with Gasteiger partial charge in [0.25, 0.3) is 0 Å².